The van der Waals surface area contributed by atoms with Gasteiger partial charge >= 0.3 is 0 Å². The van der Waals surface area contributed by atoms with Gasteiger partial charge < -0.3 is 18.9 Å². The van der Waals surface area contributed by atoms with Crippen molar-refractivity contribution in [2.75, 3.05) is 34.5 Å². The lowest BCUT2D eigenvalue weighted by Crippen LogP contribution is -2.04. The Morgan fingerprint density at radius 2 is 1.52 bits per heavy atom. The monoisotopic (exact) mass is 342 g/mol. The molecule has 0 unspecified atom stereocenters. The third-order valence-corrected chi connectivity index (χ3v) is 3.50. The maximum Gasteiger partial charge on any atom is 0.185 e. The Labute approximate surface area is 147 Å². The molecule has 0 aliphatic carbocycles. The highest BCUT2D eigenvalue weighted by atomic mass is 16.5. The first kappa shape index (κ1) is 18.5. The SMILES string of the molecule is COCCOc1ccc(C(=O)/C=C\c2cc(OC)cc(OC)c2)cc1. The van der Waals surface area contributed by atoms with Crippen molar-refractivity contribution < 1.29 is 23.7 Å². The minimum absolute atomic E-state index is 0.0924. The van der Waals surface area contributed by atoms with Gasteiger partial charge in [-0.1, -0.05) is 6.08 Å². The molecule has 0 aliphatic rings. The first-order chi connectivity index (χ1) is 12.2. The normalized spacial score (nSPS) is 10.7. The zero-order valence-electron chi connectivity index (χ0n) is 14.7. The highest BCUT2D eigenvalue weighted by Crippen LogP contribution is 2.23. The van der Waals surface area contributed by atoms with E-state index in [2.05, 4.69) is 0 Å². The van der Waals surface area contributed by atoms with E-state index in [4.69, 9.17) is 18.9 Å². The summed E-state index contributed by atoms with van der Waals surface area (Å²) in [5, 5.41) is 0. The summed E-state index contributed by atoms with van der Waals surface area (Å²) in [5.74, 6) is 1.95. The molecule has 0 saturated heterocycles. The zero-order chi connectivity index (χ0) is 18.1. The van der Waals surface area contributed by atoms with Gasteiger partial charge in [-0.05, 0) is 48.0 Å². The molecule has 5 nitrogen and oxygen atoms in total. The van der Waals surface area contributed by atoms with Gasteiger partial charge in [-0.25, -0.2) is 0 Å². The van der Waals surface area contributed by atoms with E-state index >= 15 is 0 Å². The molecular formula is C20H22O5. The molecule has 0 amide bonds. The van der Waals surface area contributed by atoms with Gasteiger partial charge in [0.25, 0.3) is 0 Å². The van der Waals surface area contributed by atoms with Crippen LogP contribution < -0.4 is 14.2 Å². The molecule has 25 heavy (non-hydrogen) atoms. The van der Waals surface area contributed by atoms with Crippen LogP contribution in [0.15, 0.2) is 48.5 Å². The fourth-order valence-electron chi connectivity index (χ4n) is 2.15. The molecule has 0 heterocycles. The van der Waals surface area contributed by atoms with Crippen LogP contribution in [0.25, 0.3) is 6.08 Å². The third-order valence-electron chi connectivity index (χ3n) is 3.50. The molecule has 5 heteroatoms. The van der Waals surface area contributed by atoms with E-state index in [1.54, 1.807) is 57.7 Å². The van der Waals surface area contributed by atoms with E-state index in [9.17, 15) is 4.79 Å². The average molecular weight is 342 g/mol. The van der Waals surface area contributed by atoms with Crippen LogP contribution in [0.3, 0.4) is 0 Å². The Morgan fingerprint density at radius 3 is 2.08 bits per heavy atom. The van der Waals surface area contributed by atoms with Crippen LogP contribution in [0.1, 0.15) is 15.9 Å². The number of hydrogen-bond acceptors (Lipinski definition) is 5. The molecule has 0 saturated carbocycles. The van der Waals surface area contributed by atoms with E-state index < -0.39 is 0 Å². The topological polar surface area (TPSA) is 54.0 Å². The summed E-state index contributed by atoms with van der Waals surface area (Å²) < 4.78 is 20.8. The Balaban J connectivity index is 2.04. The second-order valence-electron chi connectivity index (χ2n) is 5.21. The number of hydrogen-bond donors (Lipinski definition) is 0. The summed E-state index contributed by atoms with van der Waals surface area (Å²) in [4.78, 5) is 12.3. The third kappa shape index (κ3) is 5.65. The molecule has 0 aliphatic heterocycles. The minimum atomic E-state index is -0.0924. The fraction of sp³-hybridized carbons (Fsp3) is 0.250. The molecule has 0 N–H and O–H groups in total. The lowest BCUT2D eigenvalue weighted by molar-refractivity contribution is 0.104. The average Bonchev–Trinajstić information content (AvgIpc) is 2.66. The number of benzene rings is 2. The van der Waals surface area contributed by atoms with Crippen molar-refractivity contribution in [3.05, 3.63) is 59.7 Å². The smallest absolute Gasteiger partial charge is 0.185 e. The number of ether oxygens (including phenoxy) is 4. The van der Waals surface area contributed by atoms with Gasteiger partial charge in [-0.2, -0.15) is 0 Å². The zero-order valence-corrected chi connectivity index (χ0v) is 14.7. The molecule has 2 aromatic carbocycles. The van der Waals surface area contributed by atoms with Crippen molar-refractivity contribution in [3.8, 4) is 17.2 Å². The number of carbonyl (C=O) groups excluding carboxylic acids is 1. The molecule has 2 aromatic rings. The molecule has 0 radical (unpaired) electrons. The molecule has 0 aromatic heterocycles. The second-order valence-corrected chi connectivity index (χ2v) is 5.21. The number of ketones is 1. The Hall–Kier alpha value is -2.79. The standard InChI is InChI=1S/C20H22O5/c1-22-10-11-25-17-7-5-16(6-8-17)20(21)9-4-15-12-18(23-2)14-19(13-15)24-3/h4-9,12-14H,10-11H2,1-3H3/b9-4-. The van der Waals surface area contributed by atoms with Crippen LogP contribution in [0.2, 0.25) is 0 Å². The first-order valence-electron chi connectivity index (χ1n) is 7.83. The first-order valence-corrected chi connectivity index (χ1v) is 7.83. The summed E-state index contributed by atoms with van der Waals surface area (Å²) in [7, 11) is 4.79. The van der Waals surface area contributed by atoms with Gasteiger partial charge in [0.05, 0.1) is 20.8 Å². The van der Waals surface area contributed by atoms with Crippen LogP contribution in [0.4, 0.5) is 0 Å². The Bertz CT molecular complexity index is 697. The summed E-state index contributed by atoms with van der Waals surface area (Å²) in [6.07, 6.45) is 3.26. The predicted molar refractivity (Wildman–Crippen MR) is 96.7 cm³/mol. The van der Waals surface area contributed by atoms with Gasteiger partial charge in [0, 0.05) is 18.7 Å². The number of carbonyl (C=O) groups is 1. The largest absolute Gasteiger partial charge is 0.497 e. The highest BCUT2D eigenvalue weighted by molar-refractivity contribution is 6.06. The number of methoxy groups -OCH3 is 3. The van der Waals surface area contributed by atoms with Gasteiger partial charge in [0.15, 0.2) is 5.78 Å². The number of rotatable bonds is 9. The van der Waals surface area contributed by atoms with Crippen LogP contribution in [-0.2, 0) is 4.74 Å². The quantitative estimate of drug-likeness (QED) is 0.396. The summed E-state index contributed by atoms with van der Waals surface area (Å²) >= 11 is 0. The summed E-state index contributed by atoms with van der Waals surface area (Å²) in [6, 6.07) is 12.5. The van der Waals surface area contributed by atoms with Gasteiger partial charge in [-0.15, -0.1) is 0 Å². The van der Waals surface area contributed by atoms with E-state index in [0.29, 0.717) is 36.0 Å². The van der Waals surface area contributed by atoms with Gasteiger partial charge in [-0.3, -0.25) is 4.79 Å². The van der Waals surface area contributed by atoms with Crippen molar-refractivity contribution in [2.24, 2.45) is 0 Å². The van der Waals surface area contributed by atoms with Crippen LogP contribution in [0, 0.1) is 0 Å². The Morgan fingerprint density at radius 1 is 0.880 bits per heavy atom. The van der Waals surface area contributed by atoms with E-state index in [-0.39, 0.29) is 5.78 Å². The highest BCUT2D eigenvalue weighted by Gasteiger charge is 2.04. The molecule has 0 fully saturated rings. The van der Waals surface area contributed by atoms with Crippen molar-refractivity contribution >= 4 is 11.9 Å². The summed E-state index contributed by atoms with van der Waals surface area (Å²) in [5.41, 5.74) is 1.41. The number of allylic oxidation sites excluding steroid dienone is 1. The fourth-order valence-corrected chi connectivity index (χ4v) is 2.15. The van der Waals surface area contributed by atoms with Crippen molar-refractivity contribution in [3.63, 3.8) is 0 Å². The maximum atomic E-state index is 12.3. The minimum Gasteiger partial charge on any atom is -0.497 e. The molecule has 132 valence electrons. The van der Waals surface area contributed by atoms with Crippen LogP contribution in [0.5, 0.6) is 17.2 Å². The molecular weight excluding hydrogens is 320 g/mol. The molecule has 2 rings (SSSR count). The van der Waals surface area contributed by atoms with Crippen molar-refractivity contribution in [2.45, 2.75) is 0 Å². The van der Waals surface area contributed by atoms with Crippen LogP contribution >= 0.6 is 0 Å². The predicted octanol–water partition coefficient (Wildman–Crippen LogP) is 3.63. The summed E-state index contributed by atoms with van der Waals surface area (Å²) in [6.45, 7) is 0.995. The van der Waals surface area contributed by atoms with Gasteiger partial charge in [0.1, 0.15) is 23.9 Å². The lowest BCUT2D eigenvalue weighted by Gasteiger charge is -2.06. The van der Waals surface area contributed by atoms with Crippen LogP contribution in [-0.4, -0.2) is 40.3 Å². The lowest BCUT2D eigenvalue weighted by atomic mass is 10.1. The van der Waals surface area contributed by atoms with Crippen molar-refractivity contribution in [1.82, 2.24) is 0 Å². The van der Waals surface area contributed by atoms with E-state index in [1.165, 1.54) is 6.08 Å². The Kier molecular flexibility index (Phi) is 7.04. The molecule has 0 bridgehead atoms. The van der Waals surface area contributed by atoms with E-state index in [1.807, 2.05) is 12.1 Å². The van der Waals surface area contributed by atoms with Crippen molar-refractivity contribution in [1.29, 1.82) is 0 Å². The molecule has 0 atom stereocenters. The second kappa shape index (κ2) is 9.49. The maximum absolute atomic E-state index is 12.3. The van der Waals surface area contributed by atoms with Gasteiger partial charge in [0.2, 0.25) is 0 Å². The molecule has 0 spiro atoms. The van der Waals surface area contributed by atoms with E-state index in [0.717, 1.165) is 5.56 Å².